The van der Waals surface area contributed by atoms with E-state index in [9.17, 15) is 18.3 Å². The monoisotopic (exact) mass is 421 g/mol. The van der Waals surface area contributed by atoms with Crippen LogP contribution < -0.4 is 5.32 Å². The minimum absolute atomic E-state index is 0.0181. The Kier molecular flexibility index (Phi) is 4.68. The van der Waals surface area contributed by atoms with Crippen molar-refractivity contribution in [2.75, 3.05) is 5.32 Å². The molecule has 1 aromatic heterocycles. The summed E-state index contributed by atoms with van der Waals surface area (Å²) in [5.74, 6) is -0.499. The maximum atomic E-state index is 13.2. The number of anilines is 1. The third-order valence-electron chi connectivity index (χ3n) is 6.10. The Morgan fingerprint density at radius 3 is 2.54 bits per heavy atom. The van der Waals surface area contributed by atoms with Gasteiger partial charge in [-0.05, 0) is 62.3 Å². The summed E-state index contributed by atoms with van der Waals surface area (Å²) < 4.78 is 26.4. The second-order valence-corrected chi connectivity index (χ2v) is 10.3. The van der Waals surface area contributed by atoms with Crippen molar-refractivity contribution >= 4 is 33.0 Å². The molecule has 2 aromatic rings. The number of halogens is 1. The maximum Gasteiger partial charge on any atom is 0.255 e. The van der Waals surface area contributed by atoms with Crippen molar-refractivity contribution in [3.8, 4) is 0 Å². The van der Waals surface area contributed by atoms with Gasteiger partial charge in [-0.2, -0.15) is 10.2 Å². The van der Waals surface area contributed by atoms with Crippen LogP contribution in [0.5, 0.6) is 0 Å². The number of fused-ring (bicyclic) bond motifs is 2. The zero-order valence-corrected chi connectivity index (χ0v) is 16.7. The summed E-state index contributed by atoms with van der Waals surface area (Å²) in [7, 11) is -3.72. The van der Waals surface area contributed by atoms with Gasteiger partial charge in [0.15, 0.2) is 9.84 Å². The van der Waals surface area contributed by atoms with Crippen molar-refractivity contribution in [3.05, 3.63) is 47.2 Å². The van der Waals surface area contributed by atoms with E-state index in [0.29, 0.717) is 18.5 Å². The average Bonchev–Trinajstić information content (AvgIpc) is 2.68. The van der Waals surface area contributed by atoms with E-state index >= 15 is 0 Å². The standard InChI is InChI=1S/C19H20ClN3O4S/c1-19(25)12-7-13(19)9-15(8-12)28(26,27)17-6-11(2-3-16(17)20)18(24)23-14-4-5-21-22-10-14/h2-6,10,12-13,15,25H,7-9H2,1H3,(H,21,23,24). The summed E-state index contributed by atoms with van der Waals surface area (Å²) in [5, 5.41) is 19.8. The van der Waals surface area contributed by atoms with Crippen molar-refractivity contribution in [2.24, 2.45) is 11.8 Å². The summed E-state index contributed by atoms with van der Waals surface area (Å²) in [4.78, 5) is 12.5. The fourth-order valence-corrected chi connectivity index (χ4v) is 6.66. The number of carbonyl (C=O) groups is 1. The Hall–Kier alpha value is -2.03. The first-order valence-electron chi connectivity index (χ1n) is 9.03. The molecule has 3 fully saturated rings. The third-order valence-corrected chi connectivity index (χ3v) is 8.75. The van der Waals surface area contributed by atoms with Gasteiger partial charge >= 0.3 is 0 Å². The highest BCUT2D eigenvalue weighted by Gasteiger charge is 2.57. The Labute approximate surface area is 168 Å². The Balaban J connectivity index is 1.59. The topological polar surface area (TPSA) is 109 Å². The van der Waals surface area contributed by atoms with E-state index in [1.807, 2.05) is 0 Å². The van der Waals surface area contributed by atoms with Crippen LogP contribution in [0, 0.1) is 11.8 Å². The van der Waals surface area contributed by atoms with Gasteiger partial charge in [-0.25, -0.2) is 8.42 Å². The maximum absolute atomic E-state index is 13.2. The number of amides is 1. The Morgan fingerprint density at radius 2 is 1.93 bits per heavy atom. The predicted molar refractivity (Wildman–Crippen MR) is 104 cm³/mol. The first kappa shape index (κ1) is 19.3. The lowest BCUT2D eigenvalue weighted by Gasteiger charge is -2.56. The molecule has 5 rings (SSSR count). The number of hydrogen-bond acceptors (Lipinski definition) is 6. The molecule has 3 aliphatic rings. The van der Waals surface area contributed by atoms with Crippen molar-refractivity contribution in [3.63, 3.8) is 0 Å². The summed E-state index contributed by atoms with van der Waals surface area (Å²) in [6, 6.07) is 5.81. The molecule has 3 saturated carbocycles. The number of carbonyl (C=O) groups excluding carboxylic acids is 1. The van der Waals surface area contributed by atoms with E-state index in [1.54, 1.807) is 13.0 Å². The quantitative estimate of drug-likeness (QED) is 0.785. The fourth-order valence-electron chi connectivity index (χ4n) is 4.26. The molecule has 7 nitrogen and oxygen atoms in total. The molecule has 0 radical (unpaired) electrons. The van der Waals surface area contributed by atoms with Gasteiger partial charge in [0.25, 0.3) is 5.91 Å². The number of aromatic nitrogens is 2. The molecule has 0 saturated heterocycles. The molecule has 1 aromatic carbocycles. The van der Waals surface area contributed by atoms with Crippen LogP contribution in [-0.4, -0.2) is 40.5 Å². The van der Waals surface area contributed by atoms with Crippen LogP contribution in [0.3, 0.4) is 0 Å². The smallest absolute Gasteiger partial charge is 0.255 e. The van der Waals surface area contributed by atoms with Gasteiger partial charge in [-0.15, -0.1) is 0 Å². The number of sulfone groups is 1. The molecule has 2 unspecified atom stereocenters. The molecule has 2 bridgehead atoms. The highest BCUT2D eigenvalue weighted by molar-refractivity contribution is 7.92. The molecule has 1 amide bonds. The molecule has 148 valence electrons. The number of rotatable bonds is 4. The van der Waals surface area contributed by atoms with E-state index in [2.05, 4.69) is 15.5 Å². The first-order valence-corrected chi connectivity index (χ1v) is 11.0. The second-order valence-electron chi connectivity index (χ2n) is 7.72. The van der Waals surface area contributed by atoms with Gasteiger partial charge in [-0.3, -0.25) is 4.79 Å². The SMILES string of the molecule is CC1(O)C2CC1CC(S(=O)(=O)c1cc(C(=O)Nc3ccnnc3)ccc1Cl)C2. The molecular weight excluding hydrogens is 402 g/mol. The van der Waals surface area contributed by atoms with Crippen LogP contribution in [0.1, 0.15) is 36.5 Å². The van der Waals surface area contributed by atoms with Gasteiger partial charge in [0, 0.05) is 5.56 Å². The Bertz CT molecular complexity index is 1010. The summed E-state index contributed by atoms with van der Waals surface area (Å²) in [5.41, 5.74) is -0.141. The normalized spacial score (nSPS) is 29.0. The number of nitrogens with one attached hydrogen (secondary N) is 1. The minimum atomic E-state index is -3.72. The largest absolute Gasteiger partial charge is 0.390 e. The second kappa shape index (κ2) is 6.79. The lowest BCUT2D eigenvalue weighted by Crippen LogP contribution is -2.60. The minimum Gasteiger partial charge on any atom is -0.390 e. The molecule has 3 aliphatic carbocycles. The van der Waals surface area contributed by atoms with E-state index in [-0.39, 0.29) is 27.3 Å². The third kappa shape index (κ3) is 3.19. The highest BCUT2D eigenvalue weighted by Crippen LogP contribution is 2.55. The van der Waals surface area contributed by atoms with Gasteiger partial charge in [-0.1, -0.05) is 11.6 Å². The van der Waals surface area contributed by atoms with Crippen LogP contribution in [0.25, 0.3) is 0 Å². The van der Waals surface area contributed by atoms with Crippen LogP contribution in [0.4, 0.5) is 5.69 Å². The van der Waals surface area contributed by atoms with Gasteiger partial charge in [0.2, 0.25) is 0 Å². The molecule has 1 heterocycles. The number of aliphatic hydroxyl groups is 1. The number of benzene rings is 1. The fraction of sp³-hybridized carbons (Fsp3) is 0.421. The molecule has 2 atom stereocenters. The zero-order chi connectivity index (χ0) is 20.1. The summed E-state index contributed by atoms with van der Waals surface area (Å²) >= 11 is 6.19. The molecule has 0 aliphatic heterocycles. The van der Waals surface area contributed by atoms with Crippen LogP contribution >= 0.6 is 11.6 Å². The Morgan fingerprint density at radius 1 is 1.21 bits per heavy atom. The van der Waals surface area contributed by atoms with Gasteiger partial charge in [0.1, 0.15) is 0 Å². The summed E-state index contributed by atoms with van der Waals surface area (Å²) in [6.45, 7) is 1.78. The van der Waals surface area contributed by atoms with E-state index in [1.165, 1.54) is 30.6 Å². The van der Waals surface area contributed by atoms with Crippen molar-refractivity contribution in [1.82, 2.24) is 10.2 Å². The number of nitrogens with zero attached hydrogens (tertiary/aromatic N) is 2. The molecular formula is C19H20ClN3O4S. The lowest BCUT2D eigenvalue weighted by molar-refractivity contribution is -0.162. The predicted octanol–water partition coefficient (Wildman–Crippen LogP) is 2.71. The van der Waals surface area contributed by atoms with E-state index in [4.69, 9.17) is 11.6 Å². The zero-order valence-electron chi connectivity index (χ0n) is 15.2. The molecule has 0 spiro atoms. The molecule has 9 heteroatoms. The number of hydrogen-bond donors (Lipinski definition) is 2. The van der Waals surface area contributed by atoms with Crippen molar-refractivity contribution < 1.29 is 18.3 Å². The first-order chi connectivity index (χ1) is 13.2. The van der Waals surface area contributed by atoms with Crippen LogP contribution in [0.15, 0.2) is 41.6 Å². The van der Waals surface area contributed by atoms with E-state index < -0.39 is 26.6 Å². The molecule has 28 heavy (non-hydrogen) atoms. The van der Waals surface area contributed by atoms with Crippen LogP contribution in [-0.2, 0) is 9.84 Å². The van der Waals surface area contributed by atoms with Gasteiger partial charge < -0.3 is 10.4 Å². The van der Waals surface area contributed by atoms with Crippen molar-refractivity contribution in [1.29, 1.82) is 0 Å². The van der Waals surface area contributed by atoms with Crippen molar-refractivity contribution in [2.45, 2.75) is 41.9 Å². The highest BCUT2D eigenvalue weighted by atomic mass is 35.5. The summed E-state index contributed by atoms with van der Waals surface area (Å²) in [6.07, 6.45) is 4.50. The lowest BCUT2D eigenvalue weighted by atomic mass is 9.54. The van der Waals surface area contributed by atoms with Crippen LogP contribution in [0.2, 0.25) is 5.02 Å². The van der Waals surface area contributed by atoms with E-state index in [0.717, 1.165) is 6.42 Å². The molecule has 2 N–H and O–H groups in total. The van der Waals surface area contributed by atoms with Gasteiger partial charge in [0.05, 0.1) is 38.9 Å². The average molecular weight is 422 g/mol.